The highest BCUT2D eigenvalue weighted by molar-refractivity contribution is 5.84. The second-order valence-electron chi connectivity index (χ2n) is 8.75. The number of benzene rings is 1. The van der Waals surface area contributed by atoms with Crippen molar-refractivity contribution in [2.45, 2.75) is 51.9 Å². The number of carbonyl (C=O) groups is 3. The van der Waals surface area contributed by atoms with Crippen molar-refractivity contribution in [3.63, 3.8) is 0 Å². The second-order valence-corrected chi connectivity index (χ2v) is 8.75. The molecule has 0 aromatic heterocycles. The quantitative estimate of drug-likeness (QED) is 0.756. The average Bonchev–Trinajstić information content (AvgIpc) is 2.71. The molecule has 1 aromatic carbocycles. The Morgan fingerprint density at radius 1 is 0.967 bits per heavy atom. The summed E-state index contributed by atoms with van der Waals surface area (Å²) in [6, 6.07) is 9.66. The first kappa shape index (κ1) is 21.9. The van der Waals surface area contributed by atoms with Gasteiger partial charge in [0.25, 0.3) is 0 Å². The summed E-state index contributed by atoms with van der Waals surface area (Å²) >= 11 is 0. The number of piperidine rings is 1. The smallest absolute Gasteiger partial charge is 0.410 e. The average molecular weight is 418 g/mol. The minimum atomic E-state index is -0.584. The van der Waals surface area contributed by atoms with E-state index in [2.05, 4.69) is 0 Å². The van der Waals surface area contributed by atoms with E-state index in [0.29, 0.717) is 39.0 Å². The fourth-order valence-corrected chi connectivity index (χ4v) is 3.73. The number of likely N-dealkylation sites (tertiary alicyclic amines) is 1. The van der Waals surface area contributed by atoms with Gasteiger partial charge >= 0.3 is 12.2 Å². The Morgan fingerprint density at radius 2 is 1.63 bits per heavy atom. The van der Waals surface area contributed by atoms with Crippen molar-refractivity contribution in [1.82, 2.24) is 14.7 Å². The third-order valence-corrected chi connectivity index (χ3v) is 5.28. The van der Waals surface area contributed by atoms with Crippen LogP contribution >= 0.6 is 0 Å². The first-order chi connectivity index (χ1) is 14.2. The molecular formula is C22H31N3O5. The summed E-state index contributed by atoms with van der Waals surface area (Å²) < 4.78 is 10.8. The number of carbonyl (C=O) groups excluding carboxylic acids is 3. The molecule has 1 aromatic rings. The van der Waals surface area contributed by atoms with E-state index in [1.54, 1.807) is 4.90 Å². The molecule has 2 saturated heterocycles. The lowest BCUT2D eigenvalue weighted by Crippen LogP contribution is -2.58. The number of piperazine rings is 1. The van der Waals surface area contributed by atoms with Crippen LogP contribution in [0.1, 0.15) is 39.2 Å². The van der Waals surface area contributed by atoms with Gasteiger partial charge in [-0.3, -0.25) is 9.69 Å². The lowest BCUT2D eigenvalue weighted by atomic mass is 10.0. The highest BCUT2D eigenvalue weighted by Crippen LogP contribution is 2.21. The van der Waals surface area contributed by atoms with Gasteiger partial charge in [-0.2, -0.15) is 0 Å². The topological polar surface area (TPSA) is 79.4 Å². The van der Waals surface area contributed by atoms with Crippen molar-refractivity contribution >= 4 is 18.1 Å². The maximum atomic E-state index is 12.6. The fourth-order valence-electron chi connectivity index (χ4n) is 3.73. The van der Waals surface area contributed by atoms with E-state index in [1.807, 2.05) is 56.0 Å². The van der Waals surface area contributed by atoms with Crippen LogP contribution in [0, 0.1) is 0 Å². The Kier molecular flexibility index (Phi) is 6.84. The van der Waals surface area contributed by atoms with Crippen LogP contribution < -0.4 is 0 Å². The number of hydrogen-bond donors (Lipinski definition) is 0. The van der Waals surface area contributed by atoms with Crippen molar-refractivity contribution in [2.75, 3.05) is 32.7 Å². The van der Waals surface area contributed by atoms with Crippen molar-refractivity contribution in [2.24, 2.45) is 0 Å². The van der Waals surface area contributed by atoms with E-state index in [1.165, 1.54) is 4.90 Å². The molecule has 2 aliphatic heterocycles. The third kappa shape index (κ3) is 5.87. The highest BCUT2D eigenvalue weighted by Gasteiger charge is 2.35. The fraction of sp³-hybridized carbons (Fsp3) is 0.591. The Morgan fingerprint density at radius 3 is 2.23 bits per heavy atom. The number of nitrogens with zero attached hydrogens (tertiary/aromatic N) is 3. The van der Waals surface area contributed by atoms with E-state index in [4.69, 9.17) is 9.47 Å². The van der Waals surface area contributed by atoms with Crippen molar-refractivity contribution < 1.29 is 23.9 Å². The van der Waals surface area contributed by atoms with Crippen LogP contribution in [0.3, 0.4) is 0 Å². The molecule has 0 atom stereocenters. The maximum absolute atomic E-state index is 12.6. The summed E-state index contributed by atoms with van der Waals surface area (Å²) in [7, 11) is 0. The lowest BCUT2D eigenvalue weighted by molar-refractivity contribution is -0.139. The van der Waals surface area contributed by atoms with Crippen LogP contribution in [0.25, 0.3) is 0 Å². The molecule has 3 rings (SSSR count). The minimum absolute atomic E-state index is 0.0360. The van der Waals surface area contributed by atoms with Gasteiger partial charge < -0.3 is 19.3 Å². The van der Waals surface area contributed by atoms with Crippen LogP contribution in [0.2, 0.25) is 0 Å². The zero-order chi connectivity index (χ0) is 21.7. The zero-order valence-corrected chi connectivity index (χ0v) is 18.0. The normalized spacial score (nSPS) is 18.4. The minimum Gasteiger partial charge on any atom is -0.445 e. The van der Waals surface area contributed by atoms with Gasteiger partial charge in [0.15, 0.2) is 0 Å². The molecule has 0 saturated carbocycles. The van der Waals surface area contributed by atoms with Crippen LogP contribution in [-0.2, 0) is 20.9 Å². The molecule has 2 fully saturated rings. The molecule has 3 amide bonds. The van der Waals surface area contributed by atoms with Crippen molar-refractivity contribution in [3.8, 4) is 0 Å². The van der Waals surface area contributed by atoms with Gasteiger partial charge in [0.05, 0.1) is 0 Å². The molecule has 8 nitrogen and oxygen atoms in total. The van der Waals surface area contributed by atoms with Crippen molar-refractivity contribution in [3.05, 3.63) is 35.9 Å². The first-order valence-electron chi connectivity index (χ1n) is 10.5. The van der Waals surface area contributed by atoms with Gasteiger partial charge in [-0.15, -0.1) is 0 Å². The summed E-state index contributed by atoms with van der Waals surface area (Å²) in [6.07, 6.45) is 0.641. The summed E-state index contributed by atoms with van der Waals surface area (Å²) in [4.78, 5) is 42.1. The van der Waals surface area contributed by atoms with Gasteiger partial charge in [0.2, 0.25) is 5.91 Å². The Balaban J connectivity index is 1.43. The monoisotopic (exact) mass is 417 g/mol. The van der Waals surface area contributed by atoms with E-state index in [9.17, 15) is 14.4 Å². The largest absolute Gasteiger partial charge is 0.445 e. The van der Waals surface area contributed by atoms with Gasteiger partial charge in [0.1, 0.15) is 18.8 Å². The van der Waals surface area contributed by atoms with Crippen LogP contribution in [0.5, 0.6) is 0 Å². The molecule has 2 heterocycles. The second kappa shape index (κ2) is 9.36. The van der Waals surface area contributed by atoms with E-state index >= 15 is 0 Å². The molecule has 0 bridgehead atoms. The molecule has 164 valence electrons. The Hall–Kier alpha value is -2.77. The number of amides is 3. The number of ether oxygens (including phenoxy) is 2. The number of rotatable bonds is 3. The maximum Gasteiger partial charge on any atom is 0.410 e. The Bertz CT molecular complexity index is 754. The zero-order valence-electron chi connectivity index (χ0n) is 18.0. The molecule has 30 heavy (non-hydrogen) atoms. The molecule has 0 spiro atoms. The standard InChI is InChI=1S/C22H31N3O5/c1-22(2,3)30-21(28)24-13-14-25(19(26)15-24)18-9-11-23(12-10-18)20(27)29-16-17-7-5-4-6-8-17/h4-8,18H,9-16H2,1-3H3. The van der Waals surface area contributed by atoms with Gasteiger partial charge in [-0.25, -0.2) is 9.59 Å². The third-order valence-electron chi connectivity index (χ3n) is 5.28. The molecule has 8 heteroatoms. The predicted molar refractivity (Wildman–Crippen MR) is 111 cm³/mol. The summed E-state index contributed by atoms with van der Waals surface area (Å²) in [6.45, 7) is 7.76. The predicted octanol–water partition coefficient (Wildman–Crippen LogP) is 2.87. The molecule has 0 aliphatic carbocycles. The Labute approximate surface area is 177 Å². The van der Waals surface area contributed by atoms with Crippen LogP contribution in [-0.4, -0.2) is 77.2 Å². The molecule has 0 N–H and O–H groups in total. The SMILES string of the molecule is CC(C)(C)OC(=O)N1CCN(C2CCN(C(=O)OCc3ccccc3)CC2)C(=O)C1. The van der Waals surface area contributed by atoms with Gasteiger partial charge in [-0.05, 0) is 39.2 Å². The number of hydrogen-bond acceptors (Lipinski definition) is 5. The van der Waals surface area contributed by atoms with Crippen LogP contribution in [0.4, 0.5) is 9.59 Å². The summed E-state index contributed by atoms with van der Waals surface area (Å²) in [5.41, 5.74) is 0.369. The first-order valence-corrected chi connectivity index (χ1v) is 10.5. The van der Waals surface area contributed by atoms with Gasteiger partial charge in [-0.1, -0.05) is 30.3 Å². The van der Waals surface area contributed by atoms with E-state index in [0.717, 1.165) is 5.56 Å². The van der Waals surface area contributed by atoms with Crippen molar-refractivity contribution in [1.29, 1.82) is 0 Å². The highest BCUT2D eigenvalue weighted by atomic mass is 16.6. The molecule has 0 unspecified atom stereocenters. The lowest BCUT2D eigenvalue weighted by Gasteiger charge is -2.42. The molecule has 2 aliphatic rings. The van der Waals surface area contributed by atoms with E-state index in [-0.39, 0.29) is 31.2 Å². The summed E-state index contributed by atoms with van der Waals surface area (Å²) in [5, 5.41) is 0. The van der Waals surface area contributed by atoms with Crippen LogP contribution in [0.15, 0.2) is 30.3 Å². The van der Waals surface area contributed by atoms with Gasteiger partial charge in [0, 0.05) is 32.2 Å². The van der Waals surface area contributed by atoms with E-state index < -0.39 is 11.7 Å². The molecular weight excluding hydrogens is 386 g/mol. The summed E-state index contributed by atoms with van der Waals surface area (Å²) in [5.74, 6) is -0.0720. The molecule has 0 radical (unpaired) electrons.